The highest BCUT2D eigenvalue weighted by molar-refractivity contribution is 6.40. The Morgan fingerprint density at radius 1 is 0.865 bits per heavy atom. The monoisotopic (exact) mass is 560 g/mol. The number of rotatable bonds is 3. The molecular formula is C28H28Cl3FN4O. The Balaban J connectivity index is 1.68. The lowest BCUT2D eigenvalue weighted by Gasteiger charge is -2.43. The first-order valence-electron chi connectivity index (χ1n) is 12.2. The highest BCUT2D eigenvalue weighted by Crippen LogP contribution is 2.46. The number of carbonyl (C=O) groups excluding carboxylic acids is 1. The maximum absolute atomic E-state index is 13.9. The molecule has 2 aliphatic rings. The SMILES string of the molecule is CC(C)(C)N1CCN(c2cc(-c3ccc(F)cc3Cl)c3c(c2)N(c2c(Cl)cccc2Cl)C(=O)NC3)CC1. The van der Waals surface area contributed by atoms with Gasteiger partial charge in [0.2, 0.25) is 0 Å². The minimum atomic E-state index is -0.408. The smallest absolute Gasteiger partial charge is 0.326 e. The van der Waals surface area contributed by atoms with Gasteiger partial charge in [-0.15, -0.1) is 0 Å². The van der Waals surface area contributed by atoms with Crippen LogP contribution in [0.2, 0.25) is 15.1 Å². The molecule has 1 saturated heterocycles. The van der Waals surface area contributed by atoms with Crippen molar-refractivity contribution in [1.82, 2.24) is 10.2 Å². The molecule has 0 aromatic heterocycles. The van der Waals surface area contributed by atoms with Crippen molar-refractivity contribution in [3.8, 4) is 11.1 Å². The van der Waals surface area contributed by atoms with E-state index in [-0.39, 0.29) is 18.1 Å². The van der Waals surface area contributed by atoms with Gasteiger partial charge in [0.1, 0.15) is 5.82 Å². The van der Waals surface area contributed by atoms with Crippen LogP contribution in [0.15, 0.2) is 48.5 Å². The second-order valence-electron chi connectivity index (χ2n) is 10.3. The third-order valence-corrected chi connectivity index (χ3v) is 7.97. The zero-order chi connectivity index (χ0) is 26.5. The third kappa shape index (κ3) is 5.00. The molecule has 0 spiro atoms. The number of piperazine rings is 1. The fourth-order valence-corrected chi connectivity index (χ4v) is 5.91. The van der Waals surface area contributed by atoms with Crippen LogP contribution in [0, 0.1) is 5.82 Å². The Kier molecular flexibility index (Phi) is 7.05. The van der Waals surface area contributed by atoms with Gasteiger partial charge in [0.05, 0.1) is 26.4 Å². The molecule has 0 unspecified atom stereocenters. The Labute approximate surface area is 231 Å². The summed E-state index contributed by atoms with van der Waals surface area (Å²) >= 11 is 19.7. The summed E-state index contributed by atoms with van der Waals surface area (Å²) in [5.74, 6) is -0.408. The molecule has 1 N–H and O–H groups in total. The zero-order valence-electron chi connectivity index (χ0n) is 20.9. The van der Waals surface area contributed by atoms with Crippen molar-refractivity contribution in [3.05, 3.63) is 75.0 Å². The number of amides is 2. The first-order chi connectivity index (χ1) is 17.5. The number of urea groups is 1. The van der Waals surface area contributed by atoms with Crippen molar-refractivity contribution in [3.63, 3.8) is 0 Å². The maximum atomic E-state index is 13.9. The molecule has 0 aliphatic carbocycles. The van der Waals surface area contributed by atoms with E-state index < -0.39 is 5.82 Å². The van der Waals surface area contributed by atoms with Crippen LogP contribution in [-0.2, 0) is 6.54 Å². The van der Waals surface area contributed by atoms with E-state index in [1.165, 1.54) is 17.0 Å². The summed E-state index contributed by atoms with van der Waals surface area (Å²) in [6, 6.07) is 13.3. The molecule has 0 atom stereocenters. The summed E-state index contributed by atoms with van der Waals surface area (Å²) in [7, 11) is 0. The molecule has 5 rings (SSSR count). The van der Waals surface area contributed by atoms with Crippen molar-refractivity contribution < 1.29 is 9.18 Å². The minimum Gasteiger partial charge on any atom is -0.369 e. The number of benzene rings is 3. The van der Waals surface area contributed by atoms with Crippen LogP contribution in [-0.4, -0.2) is 42.6 Å². The molecule has 0 bridgehead atoms. The van der Waals surface area contributed by atoms with Crippen molar-refractivity contribution in [2.75, 3.05) is 36.0 Å². The molecule has 1 fully saturated rings. The van der Waals surface area contributed by atoms with Crippen molar-refractivity contribution in [2.24, 2.45) is 0 Å². The van der Waals surface area contributed by atoms with Gasteiger partial charge in [-0.25, -0.2) is 9.18 Å². The predicted octanol–water partition coefficient (Wildman–Crippen LogP) is 7.73. The average Bonchev–Trinajstić information content (AvgIpc) is 2.84. The lowest BCUT2D eigenvalue weighted by Crippen LogP contribution is -2.53. The van der Waals surface area contributed by atoms with Gasteiger partial charge in [-0.05, 0) is 68.8 Å². The molecule has 3 aromatic rings. The predicted molar refractivity (Wildman–Crippen MR) is 151 cm³/mol. The number of carbonyl (C=O) groups is 1. The molecule has 0 radical (unpaired) electrons. The van der Waals surface area contributed by atoms with E-state index in [9.17, 15) is 9.18 Å². The molecular weight excluding hydrogens is 534 g/mol. The molecule has 0 saturated carbocycles. The molecule has 2 heterocycles. The third-order valence-electron chi connectivity index (χ3n) is 7.05. The molecule has 2 aliphatic heterocycles. The fraction of sp³-hybridized carbons (Fsp3) is 0.321. The molecule has 3 aromatic carbocycles. The largest absolute Gasteiger partial charge is 0.369 e. The van der Waals surface area contributed by atoms with Crippen molar-refractivity contribution in [2.45, 2.75) is 32.9 Å². The number of nitrogens with zero attached hydrogens (tertiary/aromatic N) is 3. The lowest BCUT2D eigenvalue weighted by atomic mass is 9.94. The van der Waals surface area contributed by atoms with Crippen molar-refractivity contribution >= 4 is 57.9 Å². The number of para-hydroxylation sites is 1. The first-order valence-corrected chi connectivity index (χ1v) is 13.3. The first kappa shape index (κ1) is 26.1. The summed E-state index contributed by atoms with van der Waals surface area (Å²) in [5.41, 5.74) is 4.48. The zero-order valence-corrected chi connectivity index (χ0v) is 23.2. The summed E-state index contributed by atoms with van der Waals surface area (Å²) < 4.78 is 13.9. The van der Waals surface area contributed by atoms with Gasteiger partial charge in [0.15, 0.2) is 0 Å². The summed E-state index contributed by atoms with van der Waals surface area (Å²) in [5, 5.41) is 3.96. The Morgan fingerprint density at radius 2 is 1.54 bits per heavy atom. The molecule has 194 valence electrons. The van der Waals surface area contributed by atoms with E-state index >= 15 is 0 Å². The van der Waals surface area contributed by atoms with Gasteiger partial charge in [-0.1, -0.05) is 40.9 Å². The van der Waals surface area contributed by atoms with Crippen molar-refractivity contribution in [1.29, 1.82) is 0 Å². The molecule has 37 heavy (non-hydrogen) atoms. The summed E-state index contributed by atoms with van der Waals surface area (Å²) in [4.78, 5) is 19.6. The van der Waals surface area contributed by atoms with E-state index in [2.05, 4.69) is 42.0 Å². The number of halogens is 4. The summed E-state index contributed by atoms with van der Waals surface area (Å²) in [6.45, 7) is 10.4. The Morgan fingerprint density at radius 3 is 2.16 bits per heavy atom. The Bertz CT molecular complexity index is 1350. The number of nitrogens with one attached hydrogen (secondary N) is 1. The average molecular weight is 562 g/mol. The van der Waals surface area contributed by atoms with E-state index in [0.717, 1.165) is 43.0 Å². The topological polar surface area (TPSA) is 38.8 Å². The molecule has 9 heteroatoms. The van der Waals surface area contributed by atoms with Gasteiger partial charge in [0.25, 0.3) is 0 Å². The van der Waals surface area contributed by atoms with E-state index in [4.69, 9.17) is 34.8 Å². The number of hydrogen-bond donors (Lipinski definition) is 1. The van der Waals surface area contributed by atoms with Crippen LogP contribution >= 0.6 is 34.8 Å². The number of fused-ring (bicyclic) bond motifs is 1. The highest BCUT2D eigenvalue weighted by Gasteiger charge is 2.33. The highest BCUT2D eigenvalue weighted by atomic mass is 35.5. The van der Waals surface area contributed by atoms with Crippen LogP contribution < -0.4 is 15.1 Å². The van der Waals surface area contributed by atoms with Crippen LogP contribution in [0.1, 0.15) is 26.3 Å². The normalized spacial score (nSPS) is 16.6. The second kappa shape index (κ2) is 9.99. The van der Waals surface area contributed by atoms with Gasteiger partial charge in [-0.2, -0.15) is 0 Å². The van der Waals surface area contributed by atoms with E-state index in [1.807, 2.05) is 6.07 Å². The number of anilines is 3. The number of hydrogen-bond acceptors (Lipinski definition) is 3. The maximum Gasteiger partial charge on any atom is 0.326 e. The second-order valence-corrected chi connectivity index (χ2v) is 11.5. The van der Waals surface area contributed by atoms with E-state index in [0.29, 0.717) is 32.0 Å². The van der Waals surface area contributed by atoms with E-state index in [1.54, 1.807) is 24.3 Å². The standard InChI is InChI=1S/C28H28Cl3FN4O/c1-28(2,3)35-11-9-34(10-12-35)18-14-20(19-8-7-17(32)13-24(19)31)21-16-33-27(37)36(25(21)15-18)26-22(29)5-4-6-23(26)30/h4-8,13-15H,9-12,16H2,1-3H3,(H,33,37). The van der Waals surface area contributed by atoms with Crippen LogP contribution in [0.25, 0.3) is 11.1 Å². The molecule has 5 nitrogen and oxygen atoms in total. The lowest BCUT2D eigenvalue weighted by molar-refractivity contribution is 0.128. The minimum absolute atomic E-state index is 0.0877. The van der Waals surface area contributed by atoms with Gasteiger partial charge >= 0.3 is 6.03 Å². The fourth-order valence-electron chi connectivity index (χ4n) is 5.07. The summed E-state index contributed by atoms with van der Waals surface area (Å²) in [6.07, 6.45) is 0. The van der Waals surface area contributed by atoms with Gasteiger partial charge in [-0.3, -0.25) is 9.80 Å². The van der Waals surface area contributed by atoms with Crippen LogP contribution in [0.5, 0.6) is 0 Å². The van der Waals surface area contributed by atoms with Gasteiger partial charge in [0, 0.05) is 55.1 Å². The quantitative estimate of drug-likeness (QED) is 0.356. The molecule has 2 amide bonds. The van der Waals surface area contributed by atoms with Crippen LogP contribution in [0.4, 0.5) is 26.2 Å². The Hall–Kier alpha value is -2.51. The van der Waals surface area contributed by atoms with Gasteiger partial charge < -0.3 is 10.2 Å². The van der Waals surface area contributed by atoms with Crippen LogP contribution in [0.3, 0.4) is 0 Å².